The van der Waals surface area contributed by atoms with Gasteiger partial charge in [0.05, 0.1) is 0 Å². The summed E-state index contributed by atoms with van der Waals surface area (Å²) in [7, 11) is 0. The van der Waals surface area contributed by atoms with E-state index < -0.39 is 5.79 Å². The summed E-state index contributed by atoms with van der Waals surface area (Å²) in [6, 6.07) is 9.72. The van der Waals surface area contributed by atoms with Gasteiger partial charge in [0.1, 0.15) is 0 Å². The Labute approximate surface area is 83.7 Å². The number of nitrogens with zero attached hydrogens (tertiary/aromatic N) is 1. The van der Waals surface area contributed by atoms with E-state index >= 15 is 0 Å². The highest BCUT2D eigenvalue weighted by Gasteiger charge is 2.33. The summed E-state index contributed by atoms with van der Waals surface area (Å²) >= 11 is 0. The van der Waals surface area contributed by atoms with E-state index in [-0.39, 0.29) is 0 Å². The maximum absolute atomic E-state index is 14.1. The fourth-order valence-corrected chi connectivity index (χ4v) is 1.84. The number of hydrogen-bond acceptors (Lipinski definition) is 2. The number of halogens is 1. The van der Waals surface area contributed by atoms with Gasteiger partial charge in [-0.1, -0.05) is 18.2 Å². The molecule has 14 heavy (non-hydrogen) atoms. The van der Waals surface area contributed by atoms with Crippen LogP contribution < -0.4 is 10.2 Å². The molecule has 1 atom stereocenters. The van der Waals surface area contributed by atoms with Crippen molar-refractivity contribution >= 4 is 5.69 Å². The average Bonchev–Trinajstić information content (AvgIpc) is 2.18. The first-order valence-electron chi connectivity index (χ1n) is 4.92. The van der Waals surface area contributed by atoms with Crippen molar-refractivity contribution in [2.75, 3.05) is 24.5 Å². The van der Waals surface area contributed by atoms with Gasteiger partial charge in [-0.2, -0.15) is 0 Å². The summed E-state index contributed by atoms with van der Waals surface area (Å²) in [6.45, 7) is 3.57. The van der Waals surface area contributed by atoms with Crippen LogP contribution in [0.4, 0.5) is 10.1 Å². The maximum atomic E-state index is 14.1. The smallest absolute Gasteiger partial charge is 0.192 e. The highest BCUT2D eigenvalue weighted by molar-refractivity contribution is 5.48. The van der Waals surface area contributed by atoms with Gasteiger partial charge in [0.2, 0.25) is 0 Å². The first-order chi connectivity index (χ1) is 6.70. The van der Waals surface area contributed by atoms with Gasteiger partial charge in [0, 0.05) is 25.3 Å². The Balaban J connectivity index is 2.24. The van der Waals surface area contributed by atoms with Gasteiger partial charge in [0.25, 0.3) is 0 Å². The average molecular weight is 194 g/mol. The molecule has 76 valence electrons. The van der Waals surface area contributed by atoms with E-state index in [1.807, 2.05) is 35.2 Å². The quantitative estimate of drug-likeness (QED) is 0.685. The van der Waals surface area contributed by atoms with Gasteiger partial charge < -0.3 is 10.2 Å². The van der Waals surface area contributed by atoms with Gasteiger partial charge in [-0.25, -0.2) is 4.39 Å². The minimum Gasteiger partial charge on any atom is -0.337 e. The van der Waals surface area contributed by atoms with Crippen molar-refractivity contribution in [3.8, 4) is 0 Å². The molecule has 2 nitrogen and oxygen atoms in total. The van der Waals surface area contributed by atoms with E-state index in [2.05, 4.69) is 5.32 Å². The third kappa shape index (κ3) is 1.73. The Hall–Kier alpha value is -1.09. The van der Waals surface area contributed by atoms with Crippen LogP contribution in [0.25, 0.3) is 0 Å². The van der Waals surface area contributed by atoms with Crippen molar-refractivity contribution in [2.24, 2.45) is 0 Å². The van der Waals surface area contributed by atoms with Gasteiger partial charge in [0.15, 0.2) is 5.79 Å². The Morgan fingerprint density at radius 2 is 2.07 bits per heavy atom. The molecule has 0 saturated carbocycles. The molecule has 1 N–H and O–H groups in total. The lowest BCUT2D eigenvalue weighted by Crippen LogP contribution is -2.57. The molecule has 0 aromatic heterocycles. The number of hydrogen-bond donors (Lipinski definition) is 1. The molecule has 1 aliphatic heterocycles. The molecule has 0 bridgehead atoms. The van der Waals surface area contributed by atoms with Gasteiger partial charge in [-0.15, -0.1) is 0 Å². The lowest BCUT2D eigenvalue weighted by Gasteiger charge is -2.40. The van der Waals surface area contributed by atoms with E-state index in [1.165, 1.54) is 0 Å². The molecule has 1 aromatic carbocycles. The van der Waals surface area contributed by atoms with Crippen molar-refractivity contribution in [1.29, 1.82) is 0 Å². The van der Waals surface area contributed by atoms with Crippen LogP contribution in [0.2, 0.25) is 0 Å². The molecule has 1 fully saturated rings. The standard InChI is InChI=1S/C11H15FN2/c1-11(12)9-13-7-8-14(11)10-5-3-2-4-6-10/h2-6,13H,7-9H2,1H3. The summed E-state index contributed by atoms with van der Waals surface area (Å²) in [5.41, 5.74) is 0.957. The third-order valence-corrected chi connectivity index (χ3v) is 2.59. The first kappa shape index (κ1) is 9.46. The van der Waals surface area contributed by atoms with Gasteiger partial charge >= 0.3 is 0 Å². The second-order valence-electron chi connectivity index (χ2n) is 3.81. The Morgan fingerprint density at radius 3 is 2.71 bits per heavy atom. The SMILES string of the molecule is CC1(F)CNCCN1c1ccccc1. The fourth-order valence-electron chi connectivity index (χ4n) is 1.84. The number of rotatable bonds is 1. The lowest BCUT2D eigenvalue weighted by molar-refractivity contribution is 0.157. The Kier molecular flexibility index (Phi) is 2.42. The molecule has 2 rings (SSSR count). The van der Waals surface area contributed by atoms with Crippen LogP contribution in [0.3, 0.4) is 0 Å². The number of para-hydroxylation sites is 1. The molecule has 1 aromatic rings. The molecule has 1 heterocycles. The Morgan fingerprint density at radius 1 is 1.36 bits per heavy atom. The first-order valence-corrected chi connectivity index (χ1v) is 4.92. The lowest BCUT2D eigenvalue weighted by atomic mass is 10.1. The molecular formula is C11H15FN2. The van der Waals surface area contributed by atoms with E-state index in [1.54, 1.807) is 6.92 Å². The van der Waals surface area contributed by atoms with Crippen LogP contribution in [0.15, 0.2) is 30.3 Å². The van der Waals surface area contributed by atoms with Crippen LogP contribution in [0.1, 0.15) is 6.92 Å². The predicted octanol–water partition coefficient (Wildman–Crippen LogP) is 1.78. The number of alkyl halides is 1. The van der Waals surface area contributed by atoms with Crippen molar-refractivity contribution in [2.45, 2.75) is 12.7 Å². The van der Waals surface area contributed by atoms with E-state index in [0.717, 1.165) is 18.8 Å². The Bertz CT molecular complexity index is 297. The summed E-state index contributed by atoms with van der Waals surface area (Å²) in [6.07, 6.45) is 0. The molecule has 1 aliphatic rings. The van der Waals surface area contributed by atoms with Crippen LogP contribution in [-0.4, -0.2) is 25.4 Å². The van der Waals surface area contributed by atoms with E-state index in [0.29, 0.717) is 6.54 Å². The zero-order valence-electron chi connectivity index (χ0n) is 8.33. The van der Waals surface area contributed by atoms with Crippen LogP contribution in [0, 0.1) is 0 Å². The van der Waals surface area contributed by atoms with Crippen molar-refractivity contribution < 1.29 is 4.39 Å². The number of nitrogens with one attached hydrogen (secondary N) is 1. The molecule has 0 radical (unpaired) electrons. The van der Waals surface area contributed by atoms with Crippen LogP contribution >= 0.6 is 0 Å². The minimum absolute atomic E-state index is 0.391. The van der Waals surface area contributed by atoms with E-state index in [4.69, 9.17) is 0 Å². The second kappa shape index (κ2) is 3.58. The molecular weight excluding hydrogens is 179 g/mol. The largest absolute Gasteiger partial charge is 0.337 e. The summed E-state index contributed by atoms with van der Waals surface area (Å²) in [5, 5.41) is 3.06. The molecule has 1 unspecified atom stereocenters. The van der Waals surface area contributed by atoms with Gasteiger partial charge in [-0.05, 0) is 19.1 Å². The normalized spacial score (nSPS) is 27.7. The number of anilines is 1. The van der Waals surface area contributed by atoms with Crippen molar-refractivity contribution in [3.05, 3.63) is 30.3 Å². The maximum Gasteiger partial charge on any atom is 0.192 e. The van der Waals surface area contributed by atoms with E-state index in [9.17, 15) is 4.39 Å². The molecule has 0 aliphatic carbocycles. The van der Waals surface area contributed by atoms with Crippen molar-refractivity contribution in [3.63, 3.8) is 0 Å². The van der Waals surface area contributed by atoms with Crippen molar-refractivity contribution in [1.82, 2.24) is 5.32 Å². The number of piperazine rings is 1. The summed E-state index contributed by atoms with van der Waals surface area (Å²) in [4.78, 5) is 1.81. The molecule has 0 amide bonds. The third-order valence-electron chi connectivity index (χ3n) is 2.59. The second-order valence-corrected chi connectivity index (χ2v) is 3.81. The molecule has 3 heteroatoms. The zero-order chi connectivity index (χ0) is 10.0. The zero-order valence-corrected chi connectivity index (χ0v) is 8.33. The number of benzene rings is 1. The highest BCUT2D eigenvalue weighted by Crippen LogP contribution is 2.25. The van der Waals surface area contributed by atoms with Crippen LogP contribution in [-0.2, 0) is 0 Å². The fraction of sp³-hybridized carbons (Fsp3) is 0.455. The highest BCUT2D eigenvalue weighted by atomic mass is 19.1. The topological polar surface area (TPSA) is 15.3 Å². The molecule has 0 spiro atoms. The summed E-state index contributed by atoms with van der Waals surface area (Å²) < 4.78 is 14.1. The van der Waals surface area contributed by atoms with Crippen LogP contribution in [0.5, 0.6) is 0 Å². The monoisotopic (exact) mass is 194 g/mol. The summed E-state index contributed by atoms with van der Waals surface area (Å²) in [5.74, 6) is -1.28. The molecule has 1 saturated heterocycles. The predicted molar refractivity (Wildman–Crippen MR) is 56.2 cm³/mol. The van der Waals surface area contributed by atoms with Gasteiger partial charge in [-0.3, -0.25) is 0 Å². The minimum atomic E-state index is -1.28.